The predicted octanol–water partition coefficient (Wildman–Crippen LogP) is 10.3. The fraction of sp³-hybridized carbons (Fsp3) is 0.837. The number of ether oxygens (including phenoxy) is 2. The summed E-state index contributed by atoms with van der Waals surface area (Å²) in [5, 5.41) is 9.36. The van der Waals surface area contributed by atoms with Crippen molar-refractivity contribution in [3.05, 3.63) is 24.3 Å². The number of amides is 1. The number of carbonyl (C=O) groups excluding carboxylic acids is 3. The third kappa shape index (κ3) is 34.7. The van der Waals surface area contributed by atoms with Gasteiger partial charge >= 0.3 is 11.9 Å². The van der Waals surface area contributed by atoms with Gasteiger partial charge < -0.3 is 25.2 Å². The first-order chi connectivity index (χ1) is 25.0. The molecule has 1 unspecified atom stereocenters. The highest BCUT2D eigenvalue weighted by Gasteiger charge is 2.21. The van der Waals surface area contributed by atoms with Gasteiger partial charge in [-0.2, -0.15) is 0 Å². The fourth-order valence-corrected chi connectivity index (χ4v) is 6.01. The maximum Gasteiger partial charge on any atom is 0.305 e. The summed E-state index contributed by atoms with van der Waals surface area (Å²) in [6, 6.07) is -1.07. The molecule has 8 heteroatoms. The molecule has 8 nitrogen and oxygen atoms in total. The van der Waals surface area contributed by atoms with Crippen molar-refractivity contribution in [2.75, 3.05) is 32.9 Å². The summed E-state index contributed by atoms with van der Waals surface area (Å²) in [5.74, 6) is -1.02. The van der Waals surface area contributed by atoms with Gasteiger partial charge in [0.2, 0.25) is 5.91 Å². The lowest BCUT2D eigenvalue weighted by molar-refractivity contribution is -0.148. The van der Waals surface area contributed by atoms with Gasteiger partial charge in [-0.25, -0.2) is 0 Å². The molecule has 0 saturated heterocycles. The lowest BCUT2D eigenvalue weighted by Gasteiger charge is -2.24. The minimum Gasteiger partial charge on any atom is -0.464 e. The summed E-state index contributed by atoms with van der Waals surface area (Å²) in [5.41, 5.74) is 5.76. The quantitative estimate of drug-likeness (QED) is 0.0370. The SMILES string of the molecule is CCCCCCCC/C=C\CCCCCCCC(=O)OCCN(CCOC(=O)CCCCCCC/C=C\CCCCCCCC)C(=O)C(N)CO. The van der Waals surface area contributed by atoms with E-state index in [1.54, 1.807) is 0 Å². The topological polar surface area (TPSA) is 119 Å². The van der Waals surface area contributed by atoms with Crippen LogP contribution in [0.15, 0.2) is 24.3 Å². The van der Waals surface area contributed by atoms with E-state index < -0.39 is 18.6 Å². The molecule has 1 atom stereocenters. The van der Waals surface area contributed by atoms with Crippen molar-refractivity contribution in [2.45, 2.75) is 200 Å². The summed E-state index contributed by atoms with van der Waals surface area (Å²) in [4.78, 5) is 38.5. The number of hydrogen-bond acceptors (Lipinski definition) is 7. The van der Waals surface area contributed by atoms with Gasteiger partial charge in [0.05, 0.1) is 19.7 Å². The molecule has 0 aromatic carbocycles. The minimum absolute atomic E-state index is 0.0384. The number of allylic oxidation sites excluding steroid dienone is 4. The Balaban J connectivity index is 3.94. The first kappa shape index (κ1) is 48.8. The van der Waals surface area contributed by atoms with Crippen LogP contribution < -0.4 is 5.73 Å². The number of esters is 2. The molecule has 0 aromatic heterocycles. The summed E-state index contributed by atoms with van der Waals surface area (Å²) in [6.07, 6.45) is 41.2. The molecule has 0 aliphatic heterocycles. The molecule has 0 rings (SSSR count). The highest BCUT2D eigenvalue weighted by Crippen LogP contribution is 2.12. The van der Waals surface area contributed by atoms with Crippen LogP contribution >= 0.6 is 0 Å². The van der Waals surface area contributed by atoms with E-state index in [-0.39, 0.29) is 38.2 Å². The molecule has 0 bridgehead atoms. The van der Waals surface area contributed by atoms with E-state index >= 15 is 0 Å². The number of nitrogens with zero attached hydrogens (tertiary/aromatic N) is 1. The molecule has 0 saturated carbocycles. The number of aliphatic hydroxyl groups is 1. The van der Waals surface area contributed by atoms with E-state index in [9.17, 15) is 19.5 Å². The second kappa shape index (κ2) is 39.0. The standard InChI is InChI=1S/C43H80N2O6/c1-3-5-7-9-11-13-15-17-19-21-23-25-27-29-31-33-41(47)50-37-35-45(43(49)40(44)39-46)36-38-51-42(48)34-32-30-28-26-24-22-20-18-16-14-12-10-8-6-4-2/h17-20,40,46H,3-16,21-39,44H2,1-2H3/b19-17-,20-18-. The molecule has 0 aliphatic rings. The molecule has 0 heterocycles. The number of aliphatic hydroxyl groups excluding tert-OH is 1. The molecule has 0 radical (unpaired) electrons. The highest BCUT2D eigenvalue weighted by atomic mass is 16.5. The first-order valence-electron chi connectivity index (χ1n) is 21.2. The van der Waals surface area contributed by atoms with Crippen molar-refractivity contribution in [1.82, 2.24) is 4.90 Å². The van der Waals surface area contributed by atoms with Crippen LogP contribution in [-0.2, 0) is 23.9 Å². The smallest absolute Gasteiger partial charge is 0.305 e. The number of hydrogen-bond donors (Lipinski definition) is 2. The zero-order chi connectivity index (χ0) is 37.5. The zero-order valence-electron chi connectivity index (χ0n) is 33.2. The second-order valence-corrected chi connectivity index (χ2v) is 14.2. The van der Waals surface area contributed by atoms with Crippen molar-refractivity contribution in [2.24, 2.45) is 5.73 Å². The largest absolute Gasteiger partial charge is 0.464 e. The Bertz CT molecular complexity index is 803. The van der Waals surface area contributed by atoms with E-state index in [0.29, 0.717) is 12.8 Å². The normalized spacial score (nSPS) is 12.2. The first-order valence-corrected chi connectivity index (χ1v) is 21.2. The van der Waals surface area contributed by atoms with Crippen LogP contribution in [0.1, 0.15) is 194 Å². The molecule has 0 fully saturated rings. The number of carbonyl (C=O) groups is 3. The van der Waals surface area contributed by atoms with Crippen LogP contribution in [0.4, 0.5) is 0 Å². The third-order valence-corrected chi connectivity index (χ3v) is 9.36. The molecular formula is C43H80N2O6. The Labute approximate surface area is 313 Å². The molecule has 51 heavy (non-hydrogen) atoms. The van der Waals surface area contributed by atoms with Gasteiger partial charge in [0.1, 0.15) is 19.3 Å². The van der Waals surface area contributed by atoms with E-state index in [0.717, 1.165) is 51.4 Å². The van der Waals surface area contributed by atoms with Gasteiger partial charge in [-0.3, -0.25) is 14.4 Å². The molecule has 0 aromatic rings. The minimum atomic E-state index is -1.07. The summed E-state index contributed by atoms with van der Waals surface area (Å²) in [6.45, 7) is 4.37. The van der Waals surface area contributed by atoms with Crippen LogP contribution in [0.5, 0.6) is 0 Å². The third-order valence-electron chi connectivity index (χ3n) is 9.36. The average molecular weight is 721 g/mol. The summed E-state index contributed by atoms with van der Waals surface area (Å²) in [7, 11) is 0. The van der Waals surface area contributed by atoms with Gasteiger partial charge in [0.25, 0.3) is 0 Å². The van der Waals surface area contributed by atoms with E-state index in [2.05, 4.69) is 38.2 Å². The second-order valence-electron chi connectivity index (χ2n) is 14.2. The molecule has 3 N–H and O–H groups in total. The summed E-state index contributed by atoms with van der Waals surface area (Å²) < 4.78 is 10.7. The molecule has 0 aliphatic carbocycles. The van der Waals surface area contributed by atoms with Crippen molar-refractivity contribution < 1.29 is 29.0 Å². The van der Waals surface area contributed by atoms with Crippen molar-refractivity contribution in [1.29, 1.82) is 0 Å². The van der Waals surface area contributed by atoms with Crippen molar-refractivity contribution in [3.63, 3.8) is 0 Å². The summed E-state index contributed by atoms with van der Waals surface area (Å²) >= 11 is 0. The van der Waals surface area contributed by atoms with Gasteiger partial charge in [0.15, 0.2) is 0 Å². The van der Waals surface area contributed by atoms with E-state index in [4.69, 9.17) is 15.2 Å². The molecule has 298 valence electrons. The average Bonchev–Trinajstić information content (AvgIpc) is 3.13. The molecule has 0 spiro atoms. The van der Waals surface area contributed by atoms with Gasteiger partial charge in [-0.05, 0) is 64.2 Å². The monoisotopic (exact) mass is 721 g/mol. The highest BCUT2D eigenvalue weighted by molar-refractivity contribution is 5.81. The van der Waals surface area contributed by atoms with E-state index in [1.807, 2.05) is 0 Å². The lowest BCUT2D eigenvalue weighted by atomic mass is 10.1. The van der Waals surface area contributed by atoms with Gasteiger partial charge in [-0.15, -0.1) is 0 Å². The molecular weight excluding hydrogens is 640 g/mol. The number of unbranched alkanes of at least 4 members (excludes halogenated alkanes) is 22. The van der Waals surface area contributed by atoms with Gasteiger partial charge in [-0.1, -0.05) is 141 Å². The number of nitrogens with two attached hydrogens (primary N) is 1. The Hall–Kier alpha value is -2.19. The zero-order valence-corrected chi connectivity index (χ0v) is 33.2. The molecule has 1 amide bonds. The number of rotatable bonds is 38. The Morgan fingerprint density at radius 2 is 0.843 bits per heavy atom. The Morgan fingerprint density at radius 3 is 1.18 bits per heavy atom. The lowest BCUT2D eigenvalue weighted by Crippen LogP contribution is -2.48. The fourth-order valence-electron chi connectivity index (χ4n) is 6.01. The predicted molar refractivity (Wildman–Crippen MR) is 212 cm³/mol. The van der Waals surface area contributed by atoms with Crippen LogP contribution in [-0.4, -0.2) is 66.8 Å². The van der Waals surface area contributed by atoms with E-state index in [1.165, 1.54) is 120 Å². The van der Waals surface area contributed by atoms with Crippen LogP contribution in [0.25, 0.3) is 0 Å². The van der Waals surface area contributed by atoms with Crippen molar-refractivity contribution in [3.8, 4) is 0 Å². The Morgan fingerprint density at radius 1 is 0.529 bits per heavy atom. The van der Waals surface area contributed by atoms with Gasteiger partial charge in [0, 0.05) is 12.8 Å². The maximum atomic E-state index is 12.6. The van der Waals surface area contributed by atoms with Crippen molar-refractivity contribution >= 4 is 17.8 Å². The maximum absolute atomic E-state index is 12.6. The van der Waals surface area contributed by atoms with Crippen LogP contribution in [0.2, 0.25) is 0 Å². The van der Waals surface area contributed by atoms with Crippen LogP contribution in [0.3, 0.4) is 0 Å². The van der Waals surface area contributed by atoms with Crippen LogP contribution in [0, 0.1) is 0 Å². The Kier molecular flexibility index (Phi) is 37.4.